The number of fused-ring (bicyclic) bond motifs is 4. The van der Waals surface area contributed by atoms with Crippen molar-refractivity contribution in [1.29, 1.82) is 5.26 Å². The molecule has 0 fully saturated rings. The summed E-state index contributed by atoms with van der Waals surface area (Å²) >= 11 is 1.58. The molecule has 5 rings (SSSR count). The van der Waals surface area contributed by atoms with Crippen LogP contribution in [-0.4, -0.2) is 17.1 Å². The lowest BCUT2D eigenvalue weighted by molar-refractivity contribution is 0.414. The first-order valence-electron chi connectivity index (χ1n) is 10.3. The van der Waals surface area contributed by atoms with Crippen LogP contribution in [0.25, 0.3) is 32.6 Å². The van der Waals surface area contributed by atoms with Crippen LogP contribution in [0.2, 0.25) is 0 Å². The molecule has 2 heterocycles. The van der Waals surface area contributed by atoms with Crippen LogP contribution < -0.4 is 10.3 Å². The van der Waals surface area contributed by atoms with Crippen molar-refractivity contribution in [3.05, 3.63) is 68.6 Å². The van der Waals surface area contributed by atoms with Crippen molar-refractivity contribution < 1.29 is 4.74 Å². The van der Waals surface area contributed by atoms with Gasteiger partial charge in [0.05, 0.1) is 18.1 Å². The van der Waals surface area contributed by atoms with E-state index in [1.54, 1.807) is 24.5 Å². The van der Waals surface area contributed by atoms with Crippen LogP contribution in [-0.2, 0) is 12.8 Å². The number of nitrogens with one attached hydrogen (secondary N) is 1. The molecule has 0 spiro atoms. The molecule has 154 valence electrons. The monoisotopic (exact) mass is 427 g/mol. The molecule has 1 unspecified atom stereocenters. The highest BCUT2D eigenvalue weighted by Crippen LogP contribution is 2.36. The predicted octanol–water partition coefficient (Wildman–Crippen LogP) is 5.34. The van der Waals surface area contributed by atoms with Crippen molar-refractivity contribution in [2.45, 2.75) is 26.2 Å². The second-order valence-electron chi connectivity index (χ2n) is 8.02. The first-order chi connectivity index (χ1) is 15.1. The quantitative estimate of drug-likeness (QED) is 0.448. The van der Waals surface area contributed by atoms with Crippen LogP contribution >= 0.6 is 11.3 Å². The third kappa shape index (κ3) is 3.31. The molecule has 6 heteroatoms. The third-order valence-corrected chi connectivity index (χ3v) is 7.13. The van der Waals surface area contributed by atoms with Gasteiger partial charge in [-0.2, -0.15) is 5.26 Å². The number of hydrogen-bond acceptors (Lipinski definition) is 5. The van der Waals surface area contributed by atoms with E-state index in [0.29, 0.717) is 33.3 Å². The van der Waals surface area contributed by atoms with Crippen molar-refractivity contribution in [3.8, 4) is 11.8 Å². The minimum atomic E-state index is -0.168. The molecule has 31 heavy (non-hydrogen) atoms. The van der Waals surface area contributed by atoms with E-state index in [2.05, 4.69) is 18.0 Å². The number of benzene rings is 2. The summed E-state index contributed by atoms with van der Waals surface area (Å²) in [6, 6.07) is 14.0. The molecule has 0 radical (unpaired) electrons. The number of nitrogens with zero attached hydrogens (tertiary/aromatic N) is 2. The summed E-state index contributed by atoms with van der Waals surface area (Å²) in [7, 11) is 1.61. The standard InChI is InChI=1S/C25H21N3O2S/c1-14-7-9-18-21(11-14)31-25-22(18)24(29)27-23(28-25)16(13-26)12-19-17-6-4-3-5-15(17)8-10-20(19)30-2/h3-6,8,10,12,14H,7,9,11H2,1-2H3,(H,27,28,29)/b16-12-. The summed E-state index contributed by atoms with van der Waals surface area (Å²) in [6.07, 6.45) is 4.74. The highest BCUT2D eigenvalue weighted by atomic mass is 32.1. The molecular weight excluding hydrogens is 406 g/mol. The van der Waals surface area contributed by atoms with E-state index in [0.717, 1.165) is 41.2 Å². The molecule has 2 aromatic carbocycles. The number of thiophene rings is 1. The number of rotatable bonds is 3. The summed E-state index contributed by atoms with van der Waals surface area (Å²) in [5.41, 5.74) is 2.06. The summed E-state index contributed by atoms with van der Waals surface area (Å²) in [5, 5.41) is 12.6. The van der Waals surface area contributed by atoms with Gasteiger partial charge < -0.3 is 9.72 Å². The smallest absolute Gasteiger partial charge is 0.260 e. The minimum absolute atomic E-state index is 0.168. The number of allylic oxidation sites excluding steroid dienone is 1. The van der Waals surface area contributed by atoms with Crippen LogP contribution in [0.3, 0.4) is 0 Å². The molecule has 1 atom stereocenters. The zero-order valence-corrected chi connectivity index (χ0v) is 18.2. The Labute approximate surface area is 183 Å². The van der Waals surface area contributed by atoms with Crippen molar-refractivity contribution in [1.82, 2.24) is 9.97 Å². The fourth-order valence-electron chi connectivity index (χ4n) is 4.38. The molecule has 0 aliphatic heterocycles. The van der Waals surface area contributed by atoms with E-state index in [1.807, 2.05) is 36.4 Å². The Hall–Kier alpha value is -3.43. The average Bonchev–Trinajstić information content (AvgIpc) is 3.15. The first kappa shape index (κ1) is 19.5. The van der Waals surface area contributed by atoms with E-state index in [9.17, 15) is 10.1 Å². The van der Waals surface area contributed by atoms with Crippen molar-refractivity contribution in [2.24, 2.45) is 5.92 Å². The molecule has 0 bridgehead atoms. The average molecular weight is 428 g/mol. The molecule has 0 saturated heterocycles. The Bertz CT molecular complexity index is 1460. The van der Waals surface area contributed by atoms with Crippen molar-refractivity contribution in [3.63, 3.8) is 0 Å². The van der Waals surface area contributed by atoms with Crippen LogP contribution in [0.5, 0.6) is 5.75 Å². The third-order valence-electron chi connectivity index (χ3n) is 5.98. The number of hydrogen-bond donors (Lipinski definition) is 1. The molecule has 2 aromatic heterocycles. The second-order valence-corrected chi connectivity index (χ2v) is 9.10. The highest BCUT2D eigenvalue weighted by molar-refractivity contribution is 7.18. The highest BCUT2D eigenvalue weighted by Gasteiger charge is 2.23. The molecule has 1 N–H and O–H groups in total. The SMILES string of the molecule is COc1ccc2ccccc2c1/C=C(/C#N)c1nc2sc3c(c2c(=O)[nH]1)CCC(C)C3. The lowest BCUT2D eigenvalue weighted by Gasteiger charge is -2.17. The molecule has 0 amide bonds. The van der Waals surface area contributed by atoms with Crippen LogP contribution in [0.4, 0.5) is 0 Å². The number of ether oxygens (including phenoxy) is 1. The van der Waals surface area contributed by atoms with Crippen molar-refractivity contribution in [2.75, 3.05) is 7.11 Å². The Morgan fingerprint density at radius 2 is 2.16 bits per heavy atom. The zero-order valence-electron chi connectivity index (χ0n) is 17.4. The Balaban J connectivity index is 1.70. The summed E-state index contributed by atoms with van der Waals surface area (Å²) in [6.45, 7) is 2.24. The molecule has 5 nitrogen and oxygen atoms in total. The maximum atomic E-state index is 13.0. The van der Waals surface area contributed by atoms with Crippen LogP contribution in [0.15, 0.2) is 41.2 Å². The van der Waals surface area contributed by atoms with Gasteiger partial charge in [-0.3, -0.25) is 4.79 Å². The van der Waals surface area contributed by atoms with Gasteiger partial charge in [0.2, 0.25) is 0 Å². The number of H-pyrrole nitrogens is 1. The molecule has 1 aliphatic carbocycles. The summed E-state index contributed by atoms with van der Waals surface area (Å²) < 4.78 is 5.55. The van der Waals surface area contributed by atoms with E-state index < -0.39 is 0 Å². The number of methoxy groups -OCH3 is 1. The lowest BCUT2D eigenvalue weighted by Crippen LogP contribution is -2.14. The predicted molar refractivity (Wildman–Crippen MR) is 125 cm³/mol. The van der Waals surface area contributed by atoms with Gasteiger partial charge in [0.15, 0.2) is 5.82 Å². The largest absolute Gasteiger partial charge is 0.496 e. The zero-order chi connectivity index (χ0) is 21.5. The number of aromatic amines is 1. The van der Waals surface area contributed by atoms with Gasteiger partial charge in [-0.15, -0.1) is 11.3 Å². The van der Waals surface area contributed by atoms with Crippen molar-refractivity contribution >= 4 is 44.0 Å². The summed E-state index contributed by atoms with van der Waals surface area (Å²) in [5.74, 6) is 1.57. The van der Waals surface area contributed by atoms with Crippen LogP contribution in [0, 0.1) is 17.2 Å². The maximum absolute atomic E-state index is 13.0. The first-order valence-corrected chi connectivity index (χ1v) is 11.1. The van der Waals surface area contributed by atoms with Gasteiger partial charge >= 0.3 is 0 Å². The van der Waals surface area contributed by atoms with Gasteiger partial charge in [0, 0.05) is 10.4 Å². The molecule has 4 aromatic rings. The fraction of sp³-hybridized carbons (Fsp3) is 0.240. The topological polar surface area (TPSA) is 78.8 Å². The normalized spacial score (nSPS) is 16.3. The Kier molecular flexibility index (Phi) is 4.84. The van der Waals surface area contributed by atoms with Gasteiger partial charge in [-0.1, -0.05) is 37.3 Å². The summed E-state index contributed by atoms with van der Waals surface area (Å²) in [4.78, 5) is 22.5. The lowest BCUT2D eigenvalue weighted by atomic mass is 9.89. The Morgan fingerprint density at radius 3 is 2.97 bits per heavy atom. The number of aromatic nitrogens is 2. The molecular formula is C25H21N3O2S. The number of nitriles is 1. The van der Waals surface area contributed by atoms with Gasteiger partial charge in [0.1, 0.15) is 16.6 Å². The van der Waals surface area contributed by atoms with Gasteiger partial charge in [-0.05, 0) is 53.7 Å². The maximum Gasteiger partial charge on any atom is 0.260 e. The Morgan fingerprint density at radius 1 is 1.32 bits per heavy atom. The van der Waals surface area contributed by atoms with E-state index in [1.165, 1.54) is 4.88 Å². The second kappa shape index (κ2) is 7.68. The van der Waals surface area contributed by atoms with E-state index >= 15 is 0 Å². The molecule has 0 saturated carbocycles. The van der Waals surface area contributed by atoms with Gasteiger partial charge in [-0.25, -0.2) is 4.98 Å². The number of aryl methyl sites for hydroxylation is 1. The van der Waals surface area contributed by atoms with E-state index in [-0.39, 0.29) is 5.56 Å². The van der Waals surface area contributed by atoms with Crippen LogP contribution in [0.1, 0.15) is 35.2 Å². The van der Waals surface area contributed by atoms with E-state index in [4.69, 9.17) is 9.72 Å². The molecule has 1 aliphatic rings. The minimum Gasteiger partial charge on any atom is -0.496 e. The fourth-order valence-corrected chi connectivity index (χ4v) is 5.76. The van der Waals surface area contributed by atoms with Gasteiger partial charge in [0.25, 0.3) is 5.56 Å².